The minimum Gasteiger partial charge on any atom is -0.308 e. The maximum Gasteiger partial charge on any atom is 0.238 e. The quantitative estimate of drug-likeness (QED) is 0.202. The molecule has 0 radical (unpaired) electrons. The fraction of sp³-hybridized carbons (Fsp3) is 0. The van der Waals surface area contributed by atoms with Crippen LogP contribution in [0.2, 0.25) is 0 Å². The molecular weight excluding hydrogens is 576 g/mol. The van der Waals surface area contributed by atoms with Gasteiger partial charge >= 0.3 is 0 Å². The van der Waals surface area contributed by atoms with Crippen molar-refractivity contribution in [1.29, 1.82) is 0 Å². The maximum atomic E-state index is 14.7. The Morgan fingerprint density at radius 3 is 1.67 bits per heavy atom. The molecule has 0 fully saturated rings. The number of para-hydroxylation sites is 2. The van der Waals surface area contributed by atoms with Gasteiger partial charge in [0.1, 0.15) is 0 Å². The van der Waals surface area contributed by atoms with Crippen LogP contribution in [0, 0.1) is 11.6 Å². The number of benzene rings is 6. The SMILES string of the molecule is Fc1ccc(-n2c3ccccc3c3ccc4c(c5ccccc5n4-c4nc(-c5ccccc5)nc(-c5ccccc5)n4)c32)cc1F. The van der Waals surface area contributed by atoms with E-state index in [9.17, 15) is 8.78 Å². The molecule has 0 aliphatic heterocycles. The van der Waals surface area contributed by atoms with Crippen LogP contribution in [-0.4, -0.2) is 24.1 Å². The van der Waals surface area contributed by atoms with Gasteiger partial charge in [-0.15, -0.1) is 0 Å². The van der Waals surface area contributed by atoms with Gasteiger partial charge in [0.15, 0.2) is 23.3 Å². The normalized spacial score (nSPS) is 11.7. The highest BCUT2D eigenvalue weighted by atomic mass is 19.2. The summed E-state index contributed by atoms with van der Waals surface area (Å²) in [5, 5.41) is 3.95. The topological polar surface area (TPSA) is 48.5 Å². The molecule has 6 aromatic carbocycles. The van der Waals surface area contributed by atoms with E-state index < -0.39 is 11.6 Å². The van der Waals surface area contributed by atoms with Crippen molar-refractivity contribution >= 4 is 43.6 Å². The number of halogens is 2. The van der Waals surface area contributed by atoms with Gasteiger partial charge < -0.3 is 4.57 Å². The molecule has 0 spiro atoms. The summed E-state index contributed by atoms with van der Waals surface area (Å²) >= 11 is 0. The molecule has 0 saturated heterocycles. The van der Waals surface area contributed by atoms with E-state index in [0.29, 0.717) is 23.3 Å². The Morgan fingerprint density at radius 2 is 1.02 bits per heavy atom. The van der Waals surface area contributed by atoms with Gasteiger partial charge in [-0.2, -0.15) is 9.97 Å². The van der Waals surface area contributed by atoms with Gasteiger partial charge in [0.25, 0.3) is 0 Å². The van der Waals surface area contributed by atoms with Crippen molar-refractivity contribution in [2.75, 3.05) is 0 Å². The van der Waals surface area contributed by atoms with Crippen LogP contribution in [0.15, 0.2) is 140 Å². The second-order valence-corrected chi connectivity index (χ2v) is 11.2. The van der Waals surface area contributed by atoms with E-state index in [2.05, 4.69) is 34.9 Å². The smallest absolute Gasteiger partial charge is 0.238 e. The summed E-state index contributed by atoms with van der Waals surface area (Å²) in [5.74, 6) is -0.178. The Bertz CT molecular complexity index is 2550. The average Bonchev–Trinajstić information content (AvgIpc) is 3.63. The lowest BCUT2D eigenvalue weighted by Crippen LogP contribution is -2.06. The molecule has 7 heteroatoms. The molecule has 0 aliphatic carbocycles. The lowest BCUT2D eigenvalue weighted by atomic mass is 10.1. The third-order valence-electron chi connectivity index (χ3n) is 8.52. The molecule has 218 valence electrons. The molecule has 5 nitrogen and oxygen atoms in total. The van der Waals surface area contributed by atoms with Crippen molar-refractivity contribution < 1.29 is 8.78 Å². The van der Waals surface area contributed by atoms with Crippen molar-refractivity contribution in [3.63, 3.8) is 0 Å². The molecule has 0 atom stereocenters. The second-order valence-electron chi connectivity index (χ2n) is 11.2. The molecule has 0 N–H and O–H groups in total. The van der Waals surface area contributed by atoms with Gasteiger partial charge in [-0.25, -0.2) is 13.8 Å². The van der Waals surface area contributed by atoms with E-state index in [1.807, 2.05) is 95.6 Å². The van der Waals surface area contributed by atoms with Gasteiger partial charge in [-0.3, -0.25) is 4.57 Å². The Balaban J connectivity index is 1.43. The number of hydrogen-bond donors (Lipinski definition) is 0. The third kappa shape index (κ3) is 3.95. The molecule has 3 aromatic heterocycles. The maximum absolute atomic E-state index is 14.7. The lowest BCUT2D eigenvalue weighted by molar-refractivity contribution is 0.508. The van der Waals surface area contributed by atoms with E-state index in [1.54, 1.807) is 6.07 Å². The third-order valence-corrected chi connectivity index (χ3v) is 8.52. The molecule has 46 heavy (non-hydrogen) atoms. The zero-order chi connectivity index (χ0) is 30.8. The molecule has 3 heterocycles. The molecule has 0 amide bonds. The molecule has 0 aliphatic rings. The minimum atomic E-state index is -0.898. The van der Waals surface area contributed by atoms with Crippen LogP contribution in [0.1, 0.15) is 0 Å². The van der Waals surface area contributed by atoms with E-state index in [1.165, 1.54) is 12.1 Å². The van der Waals surface area contributed by atoms with Crippen LogP contribution >= 0.6 is 0 Å². The lowest BCUT2D eigenvalue weighted by Gasteiger charge is -2.11. The summed E-state index contributed by atoms with van der Waals surface area (Å²) in [6, 6.07) is 44.1. The van der Waals surface area contributed by atoms with Crippen molar-refractivity contribution in [3.8, 4) is 34.4 Å². The summed E-state index contributed by atoms with van der Waals surface area (Å²) in [5.41, 5.74) is 5.87. The van der Waals surface area contributed by atoms with Gasteiger partial charge in [-0.05, 0) is 30.3 Å². The molecular formula is C39H23F2N5. The average molecular weight is 600 g/mol. The van der Waals surface area contributed by atoms with Crippen molar-refractivity contribution in [1.82, 2.24) is 24.1 Å². The zero-order valence-corrected chi connectivity index (χ0v) is 24.3. The fourth-order valence-electron chi connectivity index (χ4n) is 6.51. The molecule has 9 rings (SSSR count). The largest absolute Gasteiger partial charge is 0.308 e. The second kappa shape index (κ2) is 10.2. The number of aromatic nitrogens is 5. The van der Waals surface area contributed by atoms with E-state index in [0.717, 1.165) is 54.7 Å². The predicted octanol–water partition coefficient (Wildman–Crippen LogP) is 9.68. The first-order chi connectivity index (χ1) is 22.7. The van der Waals surface area contributed by atoms with Crippen LogP contribution in [0.5, 0.6) is 0 Å². The van der Waals surface area contributed by atoms with Gasteiger partial charge in [-0.1, -0.05) is 103 Å². The van der Waals surface area contributed by atoms with Crippen LogP contribution in [0.3, 0.4) is 0 Å². The highest BCUT2D eigenvalue weighted by Crippen LogP contribution is 2.42. The first-order valence-electron chi connectivity index (χ1n) is 14.9. The minimum absolute atomic E-state index is 0.480. The summed E-state index contributed by atoms with van der Waals surface area (Å²) in [4.78, 5) is 15.0. The molecule has 0 unspecified atom stereocenters. The van der Waals surface area contributed by atoms with Gasteiger partial charge in [0.2, 0.25) is 5.95 Å². The number of fused-ring (bicyclic) bond motifs is 7. The first kappa shape index (κ1) is 26.2. The predicted molar refractivity (Wildman–Crippen MR) is 179 cm³/mol. The van der Waals surface area contributed by atoms with E-state index in [4.69, 9.17) is 15.0 Å². The van der Waals surface area contributed by atoms with Crippen molar-refractivity contribution in [2.45, 2.75) is 0 Å². The first-order valence-corrected chi connectivity index (χ1v) is 14.9. The van der Waals surface area contributed by atoms with Gasteiger partial charge in [0, 0.05) is 44.4 Å². The summed E-state index contributed by atoms with van der Waals surface area (Å²) in [6.07, 6.45) is 0. The Labute approximate surface area is 261 Å². The van der Waals surface area contributed by atoms with Crippen LogP contribution < -0.4 is 0 Å². The molecule has 9 aromatic rings. The number of rotatable bonds is 4. The zero-order valence-electron chi connectivity index (χ0n) is 24.3. The van der Waals surface area contributed by atoms with Crippen LogP contribution in [-0.2, 0) is 0 Å². The number of nitrogens with zero attached hydrogens (tertiary/aromatic N) is 5. The number of hydrogen-bond acceptors (Lipinski definition) is 3. The Kier molecular flexibility index (Phi) is 5.80. The van der Waals surface area contributed by atoms with E-state index >= 15 is 0 Å². The van der Waals surface area contributed by atoms with Crippen molar-refractivity contribution in [2.24, 2.45) is 0 Å². The fourth-order valence-corrected chi connectivity index (χ4v) is 6.51. The summed E-state index contributed by atoms with van der Waals surface area (Å²) in [6.45, 7) is 0. The van der Waals surface area contributed by atoms with Gasteiger partial charge in [0.05, 0.1) is 22.1 Å². The highest BCUT2D eigenvalue weighted by Gasteiger charge is 2.23. The summed E-state index contributed by atoms with van der Waals surface area (Å²) < 4.78 is 32.9. The van der Waals surface area contributed by atoms with Crippen LogP contribution in [0.4, 0.5) is 8.78 Å². The Hall–Kier alpha value is -6.21. The Morgan fingerprint density at radius 1 is 0.435 bits per heavy atom. The highest BCUT2D eigenvalue weighted by molar-refractivity contribution is 6.26. The van der Waals surface area contributed by atoms with Crippen molar-refractivity contribution in [3.05, 3.63) is 151 Å². The standard InChI is InChI=1S/C39H23F2N5/c40-30-21-19-26(23-31(30)41)45-32-17-9-7-15-27(32)28-20-22-34-35(36(28)45)29-16-8-10-18-33(29)46(34)39-43-37(24-11-3-1-4-12-24)42-38(44-39)25-13-5-2-6-14-25/h1-23H. The van der Waals surface area contributed by atoms with Crippen LogP contribution in [0.25, 0.3) is 78.0 Å². The molecule has 0 bridgehead atoms. The summed E-state index contributed by atoms with van der Waals surface area (Å²) in [7, 11) is 0. The molecule has 0 saturated carbocycles. The monoisotopic (exact) mass is 599 g/mol. The van der Waals surface area contributed by atoms with E-state index in [-0.39, 0.29) is 0 Å².